The van der Waals surface area contributed by atoms with Crippen molar-refractivity contribution in [1.29, 1.82) is 0 Å². The third-order valence-electron chi connectivity index (χ3n) is 4.13. The van der Waals surface area contributed by atoms with Crippen molar-refractivity contribution in [2.24, 2.45) is 0 Å². The monoisotopic (exact) mass is 287 g/mol. The molecular formula is C16H17NO4. The quantitative estimate of drug-likeness (QED) is 0.504. The Morgan fingerprint density at radius 1 is 1.00 bits per heavy atom. The van der Waals surface area contributed by atoms with Gasteiger partial charge in [-0.2, -0.15) is 0 Å². The lowest BCUT2D eigenvalue weighted by atomic mass is 9.89. The van der Waals surface area contributed by atoms with E-state index >= 15 is 0 Å². The van der Waals surface area contributed by atoms with Gasteiger partial charge < -0.3 is 15.1 Å². The second-order valence-corrected chi connectivity index (χ2v) is 5.55. The summed E-state index contributed by atoms with van der Waals surface area (Å²) in [6, 6.07) is 3.87. The fourth-order valence-corrected chi connectivity index (χ4v) is 3.30. The third-order valence-corrected chi connectivity index (χ3v) is 4.13. The molecule has 0 amide bonds. The van der Waals surface area contributed by atoms with E-state index in [-0.39, 0.29) is 0 Å². The molecule has 0 unspecified atom stereocenters. The number of benzene rings is 1. The van der Waals surface area contributed by atoms with E-state index in [1.807, 2.05) is 12.1 Å². The van der Waals surface area contributed by atoms with E-state index in [1.165, 1.54) is 22.9 Å². The fraction of sp³-hybridized carbons (Fsp3) is 0.375. The van der Waals surface area contributed by atoms with Gasteiger partial charge in [0.05, 0.1) is 0 Å². The van der Waals surface area contributed by atoms with Crippen molar-refractivity contribution in [3.8, 4) is 0 Å². The highest BCUT2D eigenvalue weighted by molar-refractivity contribution is 6.16. The van der Waals surface area contributed by atoms with Crippen molar-refractivity contribution in [3.05, 3.63) is 34.4 Å². The fourth-order valence-electron chi connectivity index (χ4n) is 3.30. The molecule has 2 N–H and O–H groups in total. The molecule has 2 heterocycles. The topological polar surface area (TPSA) is 77.8 Å². The van der Waals surface area contributed by atoms with Crippen molar-refractivity contribution in [1.82, 2.24) is 0 Å². The second-order valence-electron chi connectivity index (χ2n) is 5.55. The predicted octanol–water partition coefficient (Wildman–Crippen LogP) is 1.94. The Hall–Kier alpha value is -2.30. The molecule has 110 valence electrons. The average Bonchev–Trinajstić information content (AvgIpc) is 2.44. The Morgan fingerprint density at radius 3 is 2.00 bits per heavy atom. The largest absolute Gasteiger partial charge is 0.477 e. The zero-order valence-electron chi connectivity index (χ0n) is 11.6. The normalized spacial score (nSPS) is 16.1. The van der Waals surface area contributed by atoms with Crippen LogP contribution in [0.2, 0.25) is 0 Å². The van der Waals surface area contributed by atoms with Crippen LogP contribution in [0.5, 0.6) is 0 Å². The zero-order valence-corrected chi connectivity index (χ0v) is 11.6. The van der Waals surface area contributed by atoms with Gasteiger partial charge in [0.25, 0.3) is 0 Å². The number of anilines is 1. The van der Waals surface area contributed by atoms with Gasteiger partial charge in [0.2, 0.25) is 0 Å². The summed E-state index contributed by atoms with van der Waals surface area (Å²) in [5, 5.41) is 17.9. The Bertz CT molecular complexity index is 601. The molecule has 3 rings (SSSR count). The van der Waals surface area contributed by atoms with Crippen LogP contribution in [0.1, 0.15) is 29.5 Å². The molecular weight excluding hydrogens is 270 g/mol. The molecule has 0 aliphatic carbocycles. The molecule has 0 spiro atoms. The SMILES string of the molecule is O=C(O)C(=Cc1cc2c3c(c1)CCCN3CCC2)C(=O)O. The van der Waals surface area contributed by atoms with Gasteiger partial charge in [-0.15, -0.1) is 0 Å². The summed E-state index contributed by atoms with van der Waals surface area (Å²) in [4.78, 5) is 24.4. The first kappa shape index (κ1) is 13.7. The molecule has 0 saturated heterocycles. The zero-order chi connectivity index (χ0) is 15.0. The molecule has 2 aliphatic heterocycles. The van der Waals surface area contributed by atoms with Crippen LogP contribution in [0, 0.1) is 0 Å². The van der Waals surface area contributed by atoms with E-state index in [2.05, 4.69) is 4.90 Å². The molecule has 0 atom stereocenters. The highest BCUT2D eigenvalue weighted by Crippen LogP contribution is 2.36. The van der Waals surface area contributed by atoms with Crippen LogP contribution in [0.3, 0.4) is 0 Å². The Morgan fingerprint density at radius 2 is 1.52 bits per heavy atom. The second kappa shape index (κ2) is 5.24. The van der Waals surface area contributed by atoms with E-state index in [0.717, 1.165) is 38.8 Å². The third kappa shape index (κ3) is 2.51. The van der Waals surface area contributed by atoms with E-state index in [0.29, 0.717) is 5.56 Å². The maximum atomic E-state index is 11.0. The summed E-state index contributed by atoms with van der Waals surface area (Å²) >= 11 is 0. The number of hydrogen-bond acceptors (Lipinski definition) is 3. The molecule has 1 aromatic carbocycles. The smallest absolute Gasteiger partial charge is 0.343 e. The number of nitrogens with zero attached hydrogens (tertiary/aromatic N) is 1. The van der Waals surface area contributed by atoms with Crippen LogP contribution in [0.15, 0.2) is 17.7 Å². The number of rotatable bonds is 3. The molecule has 2 aliphatic rings. The van der Waals surface area contributed by atoms with Gasteiger partial charge in [-0.25, -0.2) is 9.59 Å². The van der Waals surface area contributed by atoms with Gasteiger partial charge in [-0.3, -0.25) is 0 Å². The van der Waals surface area contributed by atoms with Crippen molar-refractivity contribution in [3.63, 3.8) is 0 Å². The number of hydrogen-bond donors (Lipinski definition) is 2. The minimum atomic E-state index is -1.41. The van der Waals surface area contributed by atoms with E-state index in [4.69, 9.17) is 10.2 Å². The Labute approximate surface area is 122 Å². The number of aliphatic carboxylic acids is 2. The molecule has 5 nitrogen and oxygen atoms in total. The molecule has 21 heavy (non-hydrogen) atoms. The molecule has 5 heteroatoms. The van der Waals surface area contributed by atoms with Crippen LogP contribution >= 0.6 is 0 Å². The average molecular weight is 287 g/mol. The lowest BCUT2D eigenvalue weighted by Gasteiger charge is -2.37. The van der Waals surface area contributed by atoms with E-state index < -0.39 is 17.5 Å². The molecule has 0 bridgehead atoms. The summed E-state index contributed by atoms with van der Waals surface area (Å²) in [5.41, 5.74) is 3.79. The van der Waals surface area contributed by atoms with Crippen LogP contribution in [0.4, 0.5) is 5.69 Å². The minimum absolute atomic E-state index is 0.592. The Kier molecular flexibility index (Phi) is 3.41. The molecule has 0 radical (unpaired) electrons. The van der Waals surface area contributed by atoms with E-state index in [9.17, 15) is 9.59 Å². The number of aryl methyl sites for hydroxylation is 2. The number of carbonyl (C=O) groups is 2. The highest BCUT2D eigenvalue weighted by Gasteiger charge is 2.24. The van der Waals surface area contributed by atoms with Crippen LogP contribution < -0.4 is 4.90 Å². The highest BCUT2D eigenvalue weighted by atomic mass is 16.4. The summed E-state index contributed by atoms with van der Waals surface area (Å²) < 4.78 is 0. The minimum Gasteiger partial charge on any atom is -0.477 e. The van der Waals surface area contributed by atoms with Gasteiger partial charge in [-0.05, 0) is 60.6 Å². The predicted molar refractivity (Wildman–Crippen MR) is 78.5 cm³/mol. The van der Waals surface area contributed by atoms with Crippen LogP contribution in [-0.4, -0.2) is 35.2 Å². The van der Waals surface area contributed by atoms with Gasteiger partial charge in [0.1, 0.15) is 5.57 Å². The molecule has 1 aromatic rings. The van der Waals surface area contributed by atoms with E-state index in [1.54, 1.807) is 0 Å². The van der Waals surface area contributed by atoms with Crippen LogP contribution in [0.25, 0.3) is 6.08 Å². The maximum Gasteiger partial charge on any atom is 0.343 e. The van der Waals surface area contributed by atoms with Crippen molar-refractivity contribution >= 4 is 23.7 Å². The Balaban J connectivity index is 2.08. The van der Waals surface area contributed by atoms with Gasteiger partial charge in [0, 0.05) is 18.8 Å². The van der Waals surface area contributed by atoms with Crippen molar-refractivity contribution < 1.29 is 19.8 Å². The standard InChI is InChI=1S/C16H17NO4/c18-15(19)13(16(20)21)9-10-7-11-3-1-5-17-6-2-4-12(8-10)14(11)17/h7-9H,1-6H2,(H,18,19)(H,20,21). The van der Waals surface area contributed by atoms with Crippen molar-refractivity contribution in [2.75, 3.05) is 18.0 Å². The number of carboxylic acid groups (broad SMARTS) is 2. The first-order valence-electron chi connectivity index (χ1n) is 7.15. The van der Waals surface area contributed by atoms with Gasteiger partial charge in [-0.1, -0.05) is 0 Å². The van der Waals surface area contributed by atoms with Crippen molar-refractivity contribution in [2.45, 2.75) is 25.7 Å². The lowest BCUT2D eigenvalue weighted by Crippen LogP contribution is -2.34. The summed E-state index contributed by atoms with van der Waals surface area (Å²) in [6.45, 7) is 2.15. The summed E-state index contributed by atoms with van der Waals surface area (Å²) in [5.74, 6) is -2.81. The summed E-state index contributed by atoms with van der Waals surface area (Å²) in [7, 11) is 0. The molecule has 0 aromatic heterocycles. The first-order valence-corrected chi connectivity index (χ1v) is 7.15. The first-order chi connectivity index (χ1) is 10.1. The van der Waals surface area contributed by atoms with Crippen LogP contribution in [-0.2, 0) is 22.4 Å². The molecule has 0 fully saturated rings. The van der Waals surface area contributed by atoms with Gasteiger partial charge in [0.15, 0.2) is 0 Å². The number of carboxylic acids is 2. The lowest BCUT2D eigenvalue weighted by molar-refractivity contribution is -0.140. The summed E-state index contributed by atoms with van der Waals surface area (Å²) in [6.07, 6.45) is 5.37. The molecule has 0 saturated carbocycles. The maximum absolute atomic E-state index is 11.0. The van der Waals surface area contributed by atoms with Gasteiger partial charge >= 0.3 is 11.9 Å².